The number of nitrogens with zero attached hydrogens (tertiary/aromatic N) is 2. The molecule has 0 saturated heterocycles. The lowest BCUT2D eigenvalue weighted by Crippen LogP contribution is -2.22. The standard InChI is InChI=1S/C9H11BrN2S/c1-2-12(4-3-11)6-9-5-8(10)7-13-9/h5,7H,2,4,6H2,1H3. The largest absolute Gasteiger partial charge is 0.286 e. The molecule has 70 valence electrons. The van der Waals surface area contributed by atoms with E-state index >= 15 is 0 Å². The molecule has 0 aliphatic rings. The van der Waals surface area contributed by atoms with Crippen LogP contribution in [-0.4, -0.2) is 18.0 Å². The van der Waals surface area contributed by atoms with E-state index in [1.807, 2.05) is 0 Å². The van der Waals surface area contributed by atoms with E-state index in [4.69, 9.17) is 5.26 Å². The van der Waals surface area contributed by atoms with Crippen LogP contribution in [0.25, 0.3) is 0 Å². The highest BCUT2D eigenvalue weighted by Gasteiger charge is 2.04. The zero-order valence-corrected chi connectivity index (χ0v) is 9.86. The van der Waals surface area contributed by atoms with Gasteiger partial charge in [-0.05, 0) is 28.5 Å². The van der Waals surface area contributed by atoms with Crippen molar-refractivity contribution in [3.05, 3.63) is 20.8 Å². The van der Waals surface area contributed by atoms with Crippen LogP contribution < -0.4 is 0 Å². The predicted octanol–water partition coefficient (Wildman–Crippen LogP) is 2.86. The summed E-state index contributed by atoms with van der Waals surface area (Å²) in [4.78, 5) is 3.40. The number of thiophene rings is 1. The zero-order valence-electron chi connectivity index (χ0n) is 7.46. The Morgan fingerprint density at radius 2 is 2.46 bits per heavy atom. The van der Waals surface area contributed by atoms with Gasteiger partial charge in [0.15, 0.2) is 0 Å². The fourth-order valence-corrected chi connectivity index (χ4v) is 2.53. The smallest absolute Gasteiger partial charge is 0.0869 e. The van der Waals surface area contributed by atoms with E-state index < -0.39 is 0 Å². The maximum atomic E-state index is 8.55. The highest BCUT2D eigenvalue weighted by Crippen LogP contribution is 2.20. The van der Waals surface area contributed by atoms with Crippen LogP contribution in [0.1, 0.15) is 11.8 Å². The monoisotopic (exact) mass is 258 g/mol. The number of hydrogen-bond donors (Lipinski definition) is 0. The number of rotatable bonds is 4. The molecule has 0 aliphatic carbocycles. The minimum Gasteiger partial charge on any atom is -0.286 e. The van der Waals surface area contributed by atoms with Crippen molar-refractivity contribution in [2.24, 2.45) is 0 Å². The Labute approximate surface area is 90.9 Å². The SMILES string of the molecule is CCN(CC#N)Cc1cc(Br)cs1. The van der Waals surface area contributed by atoms with Gasteiger partial charge in [0.2, 0.25) is 0 Å². The molecular formula is C9H11BrN2S. The highest BCUT2D eigenvalue weighted by atomic mass is 79.9. The van der Waals surface area contributed by atoms with Crippen LogP contribution in [0.5, 0.6) is 0 Å². The molecule has 1 heterocycles. The van der Waals surface area contributed by atoms with Crippen molar-refractivity contribution in [3.63, 3.8) is 0 Å². The number of nitriles is 1. The van der Waals surface area contributed by atoms with E-state index in [1.54, 1.807) is 11.3 Å². The molecule has 1 aromatic rings. The number of halogens is 1. The predicted molar refractivity (Wildman–Crippen MR) is 58.6 cm³/mol. The Morgan fingerprint density at radius 3 is 2.92 bits per heavy atom. The molecule has 0 amide bonds. The van der Waals surface area contributed by atoms with Crippen molar-refractivity contribution in [1.82, 2.24) is 4.90 Å². The van der Waals surface area contributed by atoms with Gasteiger partial charge in [0, 0.05) is 21.3 Å². The second kappa shape index (κ2) is 5.38. The highest BCUT2D eigenvalue weighted by molar-refractivity contribution is 9.10. The van der Waals surface area contributed by atoms with Crippen LogP contribution >= 0.6 is 27.3 Å². The maximum Gasteiger partial charge on any atom is 0.0869 e. The Hall–Kier alpha value is -0.370. The van der Waals surface area contributed by atoms with E-state index in [-0.39, 0.29) is 0 Å². The molecule has 0 saturated carbocycles. The lowest BCUT2D eigenvalue weighted by molar-refractivity contribution is 0.317. The van der Waals surface area contributed by atoms with E-state index in [0.717, 1.165) is 17.6 Å². The Morgan fingerprint density at radius 1 is 1.69 bits per heavy atom. The van der Waals surface area contributed by atoms with Crippen molar-refractivity contribution in [3.8, 4) is 6.07 Å². The second-order valence-electron chi connectivity index (χ2n) is 2.69. The van der Waals surface area contributed by atoms with Gasteiger partial charge >= 0.3 is 0 Å². The van der Waals surface area contributed by atoms with Crippen LogP contribution in [0.15, 0.2) is 15.9 Å². The van der Waals surface area contributed by atoms with E-state index in [2.05, 4.69) is 45.3 Å². The third-order valence-electron chi connectivity index (χ3n) is 1.74. The molecule has 0 unspecified atom stereocenters. The van der Waals surface area contributed by atoms with E-state index in [0.29, 0.717) is 6.54 Å². The van der Waals surface area contributed by atoms with Gasteiger partial charge in [-0.15, -0.1) is 11.3 Å². The summed E-state index contributed by atoms with van der Waals surface area (Å²) >= 11 is 5.13. The summed E-state index contributed by atoms with van der Waals surface area (Å²) in [5, 5.41) is 10.6. The molecule has 0 aliphatic heterocycles. The van der Waals surface area contributed by atoms with Gasteiger partial charge in [0.05, 0.1) is 12.6 Å². The molecule has 0 aromatic carbocycles. The van der Waals surface area contributed by atoms with E-state index in [9.17, 15) is 0 Å². The molecule has 1 rings (SSSR count). The summed E-state index contributed by atoms with van der Waals surface area (Å²) in [5.41, 5.74) is 0. The van der Waals surface area contributed by atoms with Crippen LogP contribution in [0.3, 0.4) is 0 Å². The van der Waals surface area contributed by atoms with Gasteiger partial charge < -0.3 is 0 Å². The minimum atomic E-state index is 0.506. The van der Waals surface area contributed by atoms with Gasteiger partial charge in [-0.25, -0.2) is 0 Å². The third-order valence-corrected chi connectivity index (χ3v) is 3.43. The number of hydrogen-bond acceptors (Lipinski definition) is 3. The first-order chi connectivity index (χ1) is 6.26. The van der Waals surface area contributed by atoms with Crippen molar-refractivity contribution >= 4 is 27.3 Å². The summed E-state index contributed by atoms with van der Waals surface area (Å²) in [6.45, 7) is 4.37. The summed E-state index contributed by atoms with van der Waals surface area (Å²) in [5.74, 6) is 0. The van der Waals surface area contributed by atoms with Gasteiger partial charge in [0.25, 0.3) is 0 Å². The topological polar surface area (TPSA) is 27.0 Å². The molecule has 0 radical (unpaired) electrons. The van der Waals surface area contributed by atoms with Crippen molar-refractivity contribution in [2.45, 2.75) is 13.5 Å². The Kier molecular flexibility index (Phi) is 4.43. The Balaban J connectivity index is 2.52. The lowest BCUT2D eigenvalue weighted by atomic mass is 10.4. The fraction of sp³-hybridized carbons (Fsp3) is 0.444. The quantitative estimate of drug-likeness (QED) is 0.777. The molecule has 2 nitrogen and oxygen atoms in total. The van der Waals surface area contributed by atoms with Crippen molar-refractivity contribution in [2.75, 3.05) is 13.1 Å². The van der Waals surface area contributed by atoms with Crippen LogP contribution in [0, 0.1) is 11.3 Å². The minimum absolute atomic E-state index is 0.506. The summed E-state index contributed by atoms with van der Waals surface area (Å²) in [7, 11) is 0. The second-order valence-corrected chi connectivity index (χ2v) is 4.60. The molecule has 0 bridgehead atoms. The van der Waals surface area contributed by atoms with Crippen LogP contribution in [-0.2, 0) is 6.54 Å². The average Bonchev–Trinajstić information content (AvgIpc) is 2.50. The van der Waals surface area contributed by atoms with Crippen LogP contribution in [0.4, 0.5) is 0 Å². The van der Waals surface area contributed by atoms with Gasteiger partial charge in [-0.2, -0.15) is 5.26 Å². The molecule has 0 atom stereocenters. The van der Waals surface area contributed by atoms with E-state index in [1.165, 1.54) is 4.88 Å². The molecule has 0 spiro atoms. The van der Waals surface area contributed by atoms with Crippen LogP contribution in [0.2, 0.25) is 0 Å². The molecule has 4 heteroatoms. The zero-order chi connectivity index (χ0) is 9.68. The molecule has 0 fully saturated rings. The molecular weight excluding hydrogens is 248 g/mol. The van der Waals surface area contributed by atoms with Gasteiger partial charge in [0.1, 0.15) is 0 Å². The van der Waals surface area contributed by atoms with Crippen molar-refractivity contribution in [1.29, 1.82) is 5.26 Å². The maximum absolute atomic E-state index is 8.55. The summed E-state index contributed by atoms with van der Waals surface area (Å²) in [6.07, 6.45) is 0. The average molecular weight is 259 g/mol. The Bertz CT molecular complexity index is 303. The van der Waals surface area contributed by atoms with Gasteiger partial charge in [-0.1, -0.05) is 6.92 Å². The third kappa shape index (κ3) is 3.47. The first kappa shape index (κ1) is 10.7. The lowest BCUT2D eigenvalue weighted by Gasteiger charge is -2.14. The van der Waals surface area contributed by atoms with Gasteiger partial charge in [-0.3, -0.25) is 4.90 Å². The first-order valence-corrected chi connectivity index (χ1v) is 5.75. The summed E-state index contributed by atoms with van der Waals surface area (Å²) in [6, 6.07) is 4.27. The summed E-state index contributed by atoms with van der Waals surface area (Å²) < 4.78 is 1.13. The molecule has 0 N–H and O–H groups in total. The molecule has 1 aromatic heterocycles. The fourth-order valence-electron chi connectivity index (χ4n) is 1.04. The first-order valence-electron chi connectivity index (χ1n) is 4.08. The molecule has 13 heavy (non-hydrogen) atoms. The van der Waals surface area contributed by atoms with Crippen molar-refractivity contribution < 1.29 is 0 Å². The normalized spacial score (nSPS) is 10.3.